The third-order valence-corrected chi connectivity index (χ3v) is 11.2. The molecular formula is C43H48O25. The molecule has 370 valence electrons. The van der Waals surface area contributed by atoms with E-state index in [1.165, 1.54) is 60.7 Å². The van der Waals surface area contributed by atoms with Crippen molar-refractivity contribution in [1.29, 1.82) is 0 Å². The average Bonchev–Trinajstić information content (AvgIpc) is 3.31. The normalized spacial score (nSPS) is 33.5. The van der Waals surface area contributed by atoms with Crippen LogP contribution in [0.3, 0.4) is 0 Å². The molecule has 4 heterocycles. The number of aliphatic hydroxyl groups is 10. The summed E-state index contributed by atoms with van der Waals surface area (Å²) in [7, 11) is 0. The van der Waals surface area contributed by atoms with Crippen molar-refractivity contribution in [3.63, 3.8) is 0 Å². The quantitative estimate of drug-likeness (QED) is 0.0522. The number of carbonyl (C=O) groups excluding carboxylic acids is 2. The lowest BCUT2D eigenvalue weighted by Gasteiger charge is -2.41. The number of aromatic hydroxyl groups is 2. The highest BCUT2D eigenvalue weighted by molar-refractivity contribution is 5.90. The second kappa shape index (κ2) is 21.2. The predicted octanol–water partition coefficient (Wildman–Crippen LogP) is -3.36. The van der Waals surface area contributed by atoms with Gasteiger partial charge in [0.05, 0.1) is 17.7 Å². The van der Waals surface area contributed by atoms with Crippen LogP contribution in [0.4, 0.5) is 0 Å². The van der Waals surface area contributed by atoms with Gasteiger partial charge >= 0.3 is 17.9 Å². The molecule has 0 spiro atoms. The number of hydrogen-bond donors (Lipinski definition) is 13. The zero-order chi connectivity index (χ0) is 49.1. The Morgan fingerprint density at radius 3 is 1.65 bits per heavy atom. The monoisotopic (exact) mass is 964 g/mol. The van der Waals surface area contributed by atoms with Crippen molar-refractivity contribution >= 4 is 24.0 Å². The molecule has 4 aliphatic heterocycles. The summed E-state index contributed by atoms with van der Waals surface area (Å²) in [6.45, 7) is -2.10. The second-order valence-electron chi connectivity index (χ2n) is 15.9. The Kier molecular flexibility index (Phi) is 15.6. The molecule has 25 heteroatoms. The van der Waals surface area contributed by atoms with E-state index in [9.17, 15) is 75.7 Å². The van der Waals surface area contributed by atoms with Gasteiger partial charge in [-0.25, -0.2) is 4.79 Å². The number of aliphatic hydroxyl groups excluding tert-OH is 10. The van der Waals surface area contributed by atoms with E-state index in [-0.39, 0.29) is 39.9 Å². The lowest BCUT2D eigenvalue weighted by atomic mass is 9.98. The Bertz CT molecular complexity index is 2270. The molecule has 13 N–H and O–H groups in total. The minimum absolute atomic E-state index is 0.0390. The second-order valence-corrected chi connectivity index (χ2v) is 15.9. The van der Waals surface area contributed by atoms with Gasteiger partial charge in [-0.1, -0.05) is 12.1 Å². The maximum Gasteiger partial charge on any atom is 0.338 e. The Hall–Kier alpha value is -5.91. The number of rotatable bonds is 15. The number of carboxylic acids is 1. The number of ether oxygens (including phenoxy) is 9. The molecular weight excluding hydrogens is 916 g/mol. The van der Waals surface area contributed by atoms with Crippen molar-refractivity contribution in [2.75, 3.05) is 19.8 Å². The summed E-state index contributed by atoms with van der Waals surface area (Å²) in [6, 6.07) is 12.9. The third-order valence-electron chi connectivity index (χ3n) is 11.2. The van der Waals surface area contributed by atoms with Crippen molar-refractivity contribution in [3.8, 4) is 28.7 Å². The Labute approximate surface area is 383 Å². The summed E-state index contributed by atoms with van der Waals surface area (Å²) in [5.41, 5.74) is 0.225. The molecule has 16 atom stereocenters. The van der Waals surface area contributed by atoms with Crippen LogP contribution in [0.1, 0.15) is 34.0 Å². The van der Waals surface area contributed by atoms with Crippen LogP contribution in [-0.2, 0) is 38.0 Å². The molecule has 0 aromatic heterocycles. The maximum absolute atomic E-state index is 13.0. The van der Waals surface area contributed by atoms with Gasteiger partial charge in [0.25, 0.3) is 0 Å². The zero-order valence-corrected chi connectivity index (χ0v) is 35.1. The van der Waals surface area contributed by atoms with E-state index in [2.05, 4.69) is 0 Å². The maximum atomic E-state index is 13.0. The van der Waals surface area contributed by atoms with Gasteiger partial charge in [0.1, 0.15) is 127 Å². The SMILES string of the molecule is O=C(O)CC(=O)OCC1OC(OC2=Cc3c(O)cc(OC4OC(COC(=O)c5ccc(OC6OC(CO)C(O)C(O)C6O)cc5)C(O)C(O)C4O)cc3OC2c2ccc(O)cc2)C(O)C(O)C1O. The first-order chi connectivity index (χ1) is 32.3. The van der Waals surface area contributed by atoms with Crippen LogP contribution in [0.2, 0.25) is 0 Å². The van der Waals surface area contributed by atoms with Gasteiger partial charge in [0.2, 0.25) is 18.9 Å². The van der Waals surface area contributed by atoms with Gasteiger partial charge in [-0.2, -0.15) is 0 Å². The van der Waals surface area contributed by atoms with Crippen LogP contribution >= 0.6 is 0 Å². The Morgan fingerprint density at radius 1 is 0.574 bits per heavy atom. The van der Waals surface area contributed by atoms with Crippen LogP contribution in [0.5, 0.6) is 28.7 Å². The summed E-state index contributed by atoms with van der Waals surface area (Å²) in [5, 5.41) is 134. The van der Waals surface area contributed by atoms with Crippen LogP contribution in [0, 0.1) is 0 Å². The van der Waals surface area contributed by atoms with E-state index >= 15 is 0 Å². The summed E-state index contributed by atoms with van der Waals surface area (Å²) in [4.78, 5) is 35.7. The van der Waals surface area contributed by atoms with Crippen LogP contribution in [0.15, 0.2) is 66.4 Å². The van der Waals surface area contributed by atoms with E-state index in [1.54, 1.807) is 0 Å². The highest BCUT2D eigenvalue weighted by Crippen LogP contribution is 2.45. The number of benzene rings is 3. The number of phenolic OH excluding ortho intramolecular Hbond substituents is 2. The first-order valence-corrected chi connectivity index (χ1v) is 20.7. The molecule has 16 unspecified atom stereocenters. The number of carboxylic acid groups (broad SMARTS) is 1. The zero-order valence-electron chi connectivity index (χ0n) is 35.1. The van der Waals surface area contributed by atoms with Gasteiger partial charge in [-0.05, 0) is 42.5 Å². The van der Waals surface area contributed by atoms with Crippen LogP contribution < -0.4 is 14.2 Å². The van der Waals surface area contributed by atoms with Gasteiger partial charge in [0, 0.05) is 17.7 Å². The van der Waals surface area contributed by atoms with Gasteiger partial charge in [-0.3, -0.25) is 9.59 Å². The van der Waals surface area contributed by atoms with E-state index < -0.39 is 148 Å². The number of fused-ring (bicyclic) bond motifs is 1. The first-order valence-electron chi connectivity index (χ1n) is 20.7. The molecule has 3 aromatic carbocycles. The molecule has 25 nitrogen and oxygen atoms in total. The molecule has 3 aromatic rings. The lowest BCUT2D eigenvalue weighted by molar-refractivity contribution is -0.294. The summed E-state index contributed by atoms with van der Waals surface area (Å²) < 4.78 is 50.3. The first kappa shape index (κ1) is 50.0. The highest BCUT2D eigenvalue weighted by Gasteiger charge is 2.48. The summed E-state index contributed by atoms with van der Waals surface area (Å²) >= 11 is 0. The number of carbonyl (C=O) groups is 3. The van der Waals surface area contributed by atoms with Crippen molar-refractivity contribution in [1.82, 2.24) is 0 Å². The average molecular weight is 965 g/mol. The van der Waals surface area contributed by atoms with Crippen molar-refractivity contribution in [2.24, 2.45) is 0 Å². The van der Waals surface area contributed by atoms with Crippen molar-refractivity contribution in [3.05, 3.63) is 83.1 Å². The predicted molar refractivity (Wildman–Crippen MR) is 217 cm³/mol. The molecule has 0 bridgehead atoms. The topological polar surface area (TPSA) is 397 Å². The molecule has 0 aliphatic carbocycles. The fourth-order valence-electron chi connectivity index (χ4n) is 7.41. The molecule has 3 fully saturated rings. The molecule has 0 amide bonds. The smallest absolute Gasteiger partial charge is 0.338 e. The number of aliphatic carboxylic acids is 1. The van der Waals surface area contributed by atoms with Gasteiger partial charge in [-0.15, -0.1) is 0 Å². The largest absolute Gasteiger partial charge is 0.508 e. The minimum atomic E-state index is -1.92. The Morgan fingerprint density at radius 2 is 1.09 bits per heavy atom. The standard InChI is InChI=1S/C43H48O25/c44-13-25-30(50)33(53)36(56)41(66-25)62-19-7-3-17(4-8-19)40(59)61-15-27-32(52)34(54)37(57)42(67-27)63-20-9-22(46)21-11-24(39(64-23(21)10-20)16-1-5-18(45)6-2-16)65-43-38(58)35(55)31(51)26(68-43)14-60-29(49)12-28(47)48/h1-11,25-27,30-39,41-46,50-58H,12-15H2,(H,47,48). The fraction of sp³-hybridized carbons (Fsp3) is 0.465. The van der Waals surface area contributed by atoms with E-state index in [1.807, 2.05) is 0 Å². The molecule has 0 radical (unpaired) electrons. The molecule has 4 aliphatic rings. The third kappa shape index (κ3) is 11.0. The van der Waals surface area contributed by atoms with E-state index in [0.717, 1.165) is 6.07 Å². The highest BCUT2D eigenvalue weighted by atomic mass is 16.7. The number of phenols is 2. The molecule has 7 rings (SSSR count). The number of esters is 2. The van der Waals surface area contributed by atoms with Crippen molar-refractivity contribution < 1.29 is 123 Å². The van der Waals surface area contributed by atoms with Crippen molar-refractivity contribution in [2.45, 2.75) is 105 Å². The fourth-order valence-corrected chi connectivity index (χ4v) is 7.41. The molecule has 68 heavy (non-hydrogen) atoms. The van der Waals surface area contributed by atoms with E-state index in [4.69, 9.17) is 47.7 Å². The van der Waals surface area contributed by atoms with Gasteiger partial charge < -0.3 is 109 Å². The Balaban J connectivity index is 1.03. The van der Waals surface area contributed by atoms with Crippen LogP contribution in [0.25, 0.3) is 6.08 Å². The minimum Gasteiger partial charge on any atom is -0.508 e. The summed E-state index contributed by atoms with van der Waals surface area (Å²) in [5.74, 6) is -4.68. The number of hydrogen-bond acceptors (Lipinski definition) is 24. The summed E-state index contributed by atoms with van der Waals surface area (Å²) in [6.07, 6.45) is -26.5. The lowest BCUT2D eigenvalue weighted by Crippen LogP contribution is -2.60. The van der Waals surface area contributed by atoms with E-state index in [0.29, 0.717) is 5.56 Å². The van der Waals surface area contributed by atoms with Gasteiger partial charge in [0.15, 0.2) is 6.10 Å². The molecule has 0 saturated carbocycles. The van der Waals surface area contributed by atoms with Crippen LogP contribution in [-0.4, -0.2) is 196 Å². The molecule has 3 saturated heterocycles.